The Bertz CT molecular complexity index is 50.3. The SMILES string of the molecule is C=CC.OCC(O)CO. The summed E-state index contributed by atoms with van der Waals surface area (Å²) in [4.78, 5) is 0. The first-order valence-corrected chi connectivity index (χ1v) is 2.69. The highest BCUT2D eigenvalue weighted by Crippen LogP contribution is 1.71. The Morgan fingerprint density at radius 1 is 1.44 bits per heavy atom. The molecule has 0 atom stereocenters. The summed E-state index contributed by atoms with van der Waals surface area (Å²) in [6.45, 7) is 4.52. The van der Waals surface area contributed by atoms with Crippen molar-refractivity contribution in [1.82, 2.24) is 0 Å². The van der Waals surface area contributed by atoms with E-state index in [0.717, 1.165) is 0 Å². The van der Waals surface area contributed by atoms with Crippen LogP contribution in [0.5, 0.6) is 0 Å². The summed E-state index contributed by atoms with van der Waals surface area (Å²) in [6.07, 6.45) is 0.796. The second-order valence-corrected chi connectivity index (χ2v) is 1.43. The lowest BCUT2D eigenvalue weighted by Crippen LogP contribution is -2.15. The Hall–Kier alpha value is -0.380. The van der Waals surface area contributed by atoms with Crippen LogP contribution in [-0.4, -0.2) is 34.6 Å². The number of hydrogen-bond acceptors (Lipinski definition) is 3. The Morgan fingerprint density at radius 2 is 1.67 bits per heavy atom. The van der Waals surface area contributed by atoms with Gasteiger partial charge in [0.2, 0.25) is 0 Å². The number of hydrogen-bond donors (Lipinski definition) is 3. The van der Waals surface area contributed by atoms with Crippen LogP contribution in [0.15, 0.2) is 12.7 Å². The molecule has 0 aliphatic rings. The molecule has 0 heterocycles. The van der Waals surface area contributed by atoms with Gasteiger partial charge in [0.25, 0.3) is 0 Å². The van der Waals surface area contributed by atoms with E-state index >= 15 is 0 Å². The third-order valence-corrected chi connectivity index (χ3v) is 0.421. The molecule has 56 valence electrons. The van der Waals surface area contributed by atoms with E-state index in [1.165, 1.54) is 0 Å². The molecule has 0 unspecified atom stereocenters. The van der Waals surface area contributed by atoms with Gasteiger partial charge in [0.1, 0.15) is 6.10 Å². The number of allylic oxidation sites excluding steroid dienone is 1. The van der Waals surface area contributed by atoms with Crippen molar-refractivity contribution in [3.8, 4) is 0 Å². The minimum Gasteiger partial charge on any atom is -0.394 e. The summed E-state index contributed by atoms with van der Waals surface area (Å²) in [5.41, 5.74) is 0. The van der Waals surface area contributed by atoms with Crippen LogP contribution in [0.25, 0.3) is 0 Å². The van der Waals surface area contributed by atoms with Gasteiger partial charge < -0.3 is 15.3 Å². The third-order valence-electron chi connectivity index (χ3n) is 0.421. The Balaban J connectivity index is 0. The van der Waals surface area contributed by atoms with Gasteiger partial charge in [-0.25, -0.2) is 0 Å². The van der Waals surface area contributed by atoms with Gasteiger partial charge in [-0.3, -0.25) is 0 Å². The predicted molar refractivity (Wildman–Crippen MR) is 36.0 cm³/mol. The van der Waals surface area contributed by atoms with E-state index in [0.29, 0.717) is 0 Å². The van der Waals surface area contributed by atoms with Crippen molar-refractivity contribution in [2.75, 3.05) is 13.2 Å². The van der Waals surface area contributed by atoms with E-state index in [2.05, 4.69) is 6.58 Å². The van der Waals surface area contributed by atoms with Crippen LogP contribution in [0.3, 0.4) is 0 Å². The van der Waals surface area contributed by atoms with Gasteiger partial charge in [-0.1, -0.05) is 6.08 Å². The van der Waals surface area contributed by atoms with Crippen molar-refractivity contribution < 1.29 is 15.3 Å². The monoisotopic (exact) mass is 134 g/mol. The van der Waals surface area contributed by atoms with Crippen molar-refractivity contribution in [2.45, 2.75) is 13.0 Å². The molecule has 3 nitrogen and oxygen atoms in total. The molecule has 0 amide bonds. The molecular weight excluding hydrogens is 120 g/mol. The number of rotatable bonds is 2. The van der Waals surface area contributed by atoms with Gasteiger partial charge in [-0.2, -0.15) is 0 Å². The minimum atomic E-state index is -0.954. The maximum Gasteiger partial charge on any atom is 0.100 e. The van der Waals surface area contributed by atoms with Gasteiger partial charge >= 0.3 is 0 Å². The summed E-state index contributed by atoms with van der Waals surface area (Å²) in [7, 11) is 0. The molecule has 0 aromatic rings. The lowest BCUT2D eigenvalue weighted by atomic mass is 10.4. The molecule has 0 bridgehead atoms. The van der Waals surface area contributed by atoms with Crippen LogP contribution >= 0.6 is 0 Å². The fraction of sp³-hybridized carbons (Fsp3) is 0.667. The van der Waals surface area contributed by atoms with E-state index in [1.807, 2.05) is 6.92 Å². The lowest BCUT2D eigenvalue weighted by molar-refractivity contribution is 0.0450. The van der Waals surface area contributed by atoms with E-state index in [4.69, 9.17) is 15.3 Å². The highest BCUT2D eigenvalue weighted by molar-refractivity contribution is 4.51. The minimum absolute atomic E-state index is 0.365. The van der Waals surface area contributed by atoms with Gasteiger partial charge in [0.05, 0.1) is 13.2 Å². The molecule has 0 aliphatic heterocycles. The highest BCUT2D eigenvalue weighted by atomic mass is 16.3. The van der Waals surface area contributed by atoms with Crippen molar-refractivity contribution >= 4 is 0 Å². The summed E-state index contributed by atoms with van der Waals surface area (Å²) >= 11 is 0. The van der Waals surface area contributed by atoms with Gasteiger partial charge in [-0.05, 0) is 6.92 Å². The molecule has 0 fully saturated rings. The zero-order chi connectivity index (χ0) is 7.70. The van der Waals surface area contributed by atoms with Crippen molar-refractivity contribution in [3.05, 3.63) is 12.7 Å². The molecule has 0 aromatic heterocycles. The standard InChI is InChI=1S/C3H8O3.C3H6/c4-1-3(6)2-5;1-3-2/h3-6H,1-2H2;3H,1H2,2H3. The molecular formula is C6H14O3. The highest BCUT2D eigenvalue weighted by Gasteiger charge is 1.93. The van der Waals surface area contributed by atoms with E-state index < -0.39 is 6.10 Å². The first-order chi connectivity index (χ1) is 4.22. The second kappa shape index (κ2) is 10.6. The first-order valence-electron chi connectivity index (χ1n) is 2.69. The molecule has 0 saturated heterocycles. The molecule has 3 heteroatoms. The molecule has 0 saturated carbocycles. The maximum absolute atomic E-state index is 8.17. The average molecular weight is 134 g/mol. The van der Waals surface area contributed by atoms with Crippen LogP contribution in [-0.2, 0) is 0 Å². The lowest BCUT2D eigenvalue weighted by Gasteiger charge is -1.96. The molecule has 0 radical (unpaired) electrons. The third kappa shape index (κ3) is 18.4. The largest absolute Gasteiger partial charge is 0.394 e. The van der Waals surface area contributed by atoms with E-state index in [1.54, 1.807) is 6.08 Å². The number of aliphatic hydroxyl groups excluding tert-OH is 3. The molecule has 0 spiro atoms. The second-order valence-electron chi connectivity index (χ2n) is 1.43. The Labute approximate surface area is 55.3 Å². The zero-order valence-corrected chi connectivity index (χ0v) is 5.62. The van der Waals surface area contributed by atoms with Crippen molar-refractivity contribution in [1.29, 1.82) is 0 Å². The number of aliphatic hydroxyl groups is 3. The quantitative estimate of drug-likeness (QED) is 0.447. The Morgan fingerprint density at radius 3 is 1.67 bits per heavy atom. The van der Waals surface area contributed by atoms with Crippen LogP contribution in [0, 0.1) is 0 Å². The van der Waals surface area contributed by atoms with Crippen LogP contribution in [0.2, 0.25) is 0 Å². The van der Waals surface area contributed by atoms with Crippen LogP contribution in [0.4, 0.5) is 0 Å². The molecule has 9 heavy (non-hydrogen) atoms. The molecule has 0 aromatic carbocycles. The first kappa shape index (κ1) is 11.4. The predicted octanol–water partition coefficient (Wildman–Crippen LogP) is -0.476. The van der Waals surface area contributed by atoms with Crippen molar-refractivity contribution in [2.24, 2.45) is 0 Å². The van der Waals surface area contributed by atoms with Gasteiger partial charge in [0, 0.05) is 0 Å². The fourth-order valence-corrected chi connectivity index (χ4v) is 0.0577. The Kier molecular flexibility index (Phi) is 13.4. The maximum atomic E-state index is 8.17. The van der Waals surface area contributed by atoms with E-state index in [-0.39, 0.29) is 13.2 Å². The van der Waals surface area contributed by atoms with E-state index in [9.17, 15) is 0 Å². The van der Waals surface area contributed by atoms with Crippen LogP contribution in [0.1, 0.15) is 6.92 Å². The molecule has 0 aliphatic carbocycles. The van der Waals surface area contributed by atoms with Crippen LogP contribution < -0.4 is 0 Å². The molecule has 0 rings (SSSR count). The topological polar surface area (TPSA) is 60.7 Å². The van der Waals surface area contributed by atoms with Gasteiger partial charge in [0.15, 0.2) is 0 Å². The average Bonchev–Trinajstić information content (AvgIpc) is 1.88. The summed E-state index contributed by atoms with van der Waals surface area (Å²) in [5.74, 6) is 0. The fourth-order valence-electron chi connectivity index (χ4n) is 0.0577. The molecule has 3 N–H and O–H groups in total. The summed E-state index contributed by atoms with van der Waals surface area (Å²) < 4.78 is 0. The normalized spacial score (nSPS) is 8.11. The van der Waals surface area contributed by atoms with Crippen molar-refractivity contribution in [3.63, 3.8) is 0 Å². The smallest absolute Gasteiger partial charge is 0.100 e. The van der Waals surface area contributed by atoms with Gasteiger partial charge in [-0.15, -0.1) is 6.58 Å². The zero-order valence-electron chi connectivity index (χ0n) is 5.62. The summed E-state index contributed by atoms with van der Waals surface area (Å²) in [6, 6.07) is 0. The summed E-state index contributed by atoms with van der Waals surface area (Å²) in [5, 5.41) is 24.0.